The molecule has 3 rings (SSSR count). The van der Waals surface area contributed by atoms with Crippen molar-refractivity contribution >= 4 is 6.29 Å². The standard InChI is InChI=1S/C19H15NO2/c21-13-16-8-9-19(22-14-15-5-2-1-3-6-15)18(11-16)17-7-4-10-20-12-17/h1-13H,14H2. The second-order valence-corrected chi connectivity index (χ2v) is 4.89. The van der Waals surface area contributed by atoms with E-state index in [0.29, 0.717) is 12.2 Å². The Kier molecular flexibility index (Phi) is 4.25. The van der Waals surface area contributed by atoms with Crippen molar-refractivity contribution in [2.45, 2.75) is 6.61 Å². The number of aldehydes is 1. The van der Waals surface area contributed by atoms with Gasteiger partial charge in [-0.2, -0.15) is 0 Å². The van der Waals surface area contributed by atoms with E-state index in [1.165, 1.54) is 0 Å². The summed E-state index contributed by atoms with van der Waals surface area (Å²) < 4.78 is 5.93. The van der Waals surface area contributed by atoms with Gasteiger partial charge in [-0.25, -0.2) is 0 Å². The van der Waals surface area contributed by atoms with E-state index in [0.717, 1.165) is 28.7 Å². The highest BCUT2D eigenvalue weighted by Gasteiger charge is 2.08. The Bertz CT molecular complexity index is 755. The zero-order valence-electron chi connectivity index (χ0n) is 12.0. The van der Waals surface area contributed by atoms with Crippen LogP contribution >= 0.6 is 0 Å². The van der Waals surface area contributed by atoms with E-state index in [1.54, 1.807) is 18.5 Å². The highest BCUT2D eigenvalue weighted by Crippen LogP contribution is 2.30. The van der Waals surface area contributed by atoms with Crippen molar-refractivity contribution in [3.63, 3.8) is 0 Å². The molecule has 3 heteroatoms. The Hall–Kier alpha value is -2.94. The lowest BCUT2D eigenvalue weighted by Gasteiger charge is -2.12. The Morgan fingerprint density at radius 3 is 2.59 bits per heavy atom. The largest absolute Gasteiger partial charge is 0.488 e. The fourth-order valence-corrected chi connectivity index (χ4v) is 2.23. The summed E-state index contributed by atoms with van der Waals surface area (Å²) in [6, 6.07) is 19.2. The summed E-state index contributed by atoms with van der Waals surface area (Å²) in [4.78, 5) is 15.2. The summed E-state index contributed by atoms with van der Waals surface area (Å²) in [7, 11) is 0. The van der Waals surface area contributed by atoms with E-state index in [-0.39, 0.29) is 0 Å². The van der Waals surface area contributed by atoms with Crippen LogP contribution in [-0.4, -0.2) is 11.3 Å². The molecular weight excluding hydrogens is 274 g/mol. The van der Waals surface area contributed by atoms with Gasteiger partial charge in [-0.05, 0) is 29.8 Å². The van der Waals surface area contributed by atoms with Gasteiger partial charge >= 0.3 is 0 Å². The van der Waals surface area contributed by atoms with Crippen molar-refractivity contribution in [3.05, 3.63) is 84.2 Å². The maximum Gasteiger partial charge on any atom is 0.150 e. The zero-order valence-corrected chi connectivity index (χ0v) is 12.0. The molecule has 0 atom stereocenters. The molecule has 0 unspecified atom stereocenters. The fraction of sp³-hybridized carbons (Fsp3) is 0.0526. The lowest BCUT2D eigenvalue weighted by molar-refractivity contribution is 0.112. The Morgan fingerprint density at radius 2 is 1.86 bits per heavy atom. The molecule has 22 heavy (non-hydrogen) atoms. The zero-order chi connectivity index (χ0) is 15.2. The number of hydrogen-bond acceptors (Lipinski definition) is 3. The molecule has 0 saturated carbocycles. The first-order valence-electron chi connectivity index (χ1n) is 7.03. The molecule has 0 radical (unpaired) electrons. The van der Waals surface area contributed by atoms with Crippen molar-refractivity contribution in [1.82, 2.24) is 4.98 Å². The van der Waals surface area contributed by atoms with Gasteiger partial charge in [0, 0.05) is 29.1 Å². The predicted octanol–water partition coefficient (Wildman–Crippen LogP) is 4.14. The highest BCUT2D eigenvalue weighted by atomic mass is 16.5. The van der Waals surface area contributed by atoms with E-state index in [2.05, 4.69) is 4.98 Å². The molecular formula is C19H15NO2. The summed E-state index contributed by atoms with van der Waals surface area (Å²) in [5.74, 6) is 0.738. The van der Waals surface area contributed by atoms with Crippen LogP contribution in [0.5, 0.6) is 5.75 Å². The summed E-state index contributed by atoms with van der Waals surface area (Å²) >= 11 is 0. The SMILES string of the molecule is O=Cc1ccc(OCc2ccccc2)c(-c2cccnc2)c1. The van der Waals surface area contributed by atoms with Gasteiger partial charge in [0.15, 0.2) is 0 Å². The van der Waals surface area contributed by atoms with Crippen LogP contribution in [-0.2, 0) is 6.61 Å². The first-order chi connectivity index (χ1) is 10.9. The number of rotatable bonds is 5. The van der Waals surface area contributed by atoms with Crippen molar-refractivity contribution in [2.75, 3.05) is 0 Å². The molecule has 2 aromatic carbocycles. The third-order valence-corrected chi connectivity index (χ3v) is 3.35. The van der Waals surface area contributed by atoms with E-state index in [9.17, 15) is 4.79 Å². The molecule has 1 aromatic heterocycles. The van der Waals surface area contributed by atoms with Crippen LogP contribution in [0.1, 0.15) is 15.9 Å². The van der Waals surface area contributed by atoms with Gasteiger partial charge in [0.1, 0.15) is 18.6 Å². The molecule has 0 saturated heterocycles. The van der Waals surface area contributed by atoms with Crippen LogP contribution in [0.15, 0.2) is 73.1 Å². The van der Waals surface area contributed by atoms with Crippen LogP contribution in [0.4, 0.5) is 0 Å². The van der Waals surface area contributed by atoms with Crippen LogP contribution in [0.25, 0.3) is 11.1 Å². The fourth-order valence-electron chi connectivity index (χ4n) is 2.23. The molecule has 108 valence electrons. The number of ether oxygens (including phenoxy) is 1. The molecule has 0 aliphatic carbocycles. The van der Waals surface area contributed by atoms with Crippen LogP contribution in [0.2, 0.25) is 0 Å². The summed E-state index contributed by atoms with van der Waals surface area (Å²) in [5, 5.41) is 0. The lowest BCUT2D eigenvalue weighted by Crippen LogP contribution is -1.97. The molecule has 0 bridgehead atoms. The molecule has 1 heterocycles. The van der Waals surface area contributed by atoms with Crippen LogP contribution in [0.3, 0.4) is 0 Å². The summed E-state index contributed by atoms with van der Waals surface area (Å²) in [5.41, 5.74) is 3.51. The van der Waals surface area contributed by atoms with Gasteiger partial charge < -0.3 is 4.74 Å². The Labute approximate surface area is 129 Å². The van der Waals surface area contributed by atoms with Crippen molar-refractivity contribution < 1.29 is 9.53 Å². The van der Waals surface area contributed by atoms with Gasteiger partial charge in [0.05, 0.1) is 0 Å². The number of pyridine rings is 1. The van der Waals surface area contributed by atoms with Crippen molar-refractivity contribution in [2.24, 2.45) is 0 Å². The second kappa shape index (κ2) is 6.68. The lowest BCUT2D eigenvalue weighted by atomic mass is 10.0. The van der Waals surface area contributed by atoms with E-state index in [4.69, 9.17) is 4.74 Å². The monoisotopic (exact) mass is 289 g/mol. The average molecular weight is 289 g/mol. The van der Waals surface area contributed by atoms with Gasteiger partial charge in [0.25, 0.3) is 0 Å². The Morgan fingerprint density at radius 1 is 1.00 bits per heavy atom. The molecule has 0 fully saturated rings. The number of nitrogens with zero attached hydrogens (tertiary/aromatic N) is 1. The summed E-state index contributed by atoms with van der Waals surface area (Å²) in [6.07, 6.45) is 4.32. The maximum atomic E-state index is 11.0. The van der Waals surface area contributed by atoms with Gasteiger partial charge in [-0.15, -0.1) is 0 Å². The van der Waals surface area contributed by atoms with Crippen molar-refractivity contribution in [3.8, 4) is 16.9 Å². The number of aromatic nitrogens is 1. The van der Waals surface area contributed by atoms with Gasteiger partial charge in [-0.1, -0.05) is 36.4 Å². The minimum atomic E-state index is 0.481. The molecule has 0 amide bonds. The van der Waals surface area contributed by atoms with Gasteiger partial charge in [-0.3, -0.25) is 9.78 Å². The molecule has 0 aliphatic heterocycles. The summed E-state index contributed by atoms with van der Waals surface area (Å²) in [6.45, 7) is 0.481. The highest BCUT2D eigenvalue weighted by molar-refractivity contribution is 5.81. The minimum Gasteiger partial charge on any atom is -0.488 e. The number of benzene rings is 2. The van der Waals surface area contributed by atoms with E-state index >= 15 is 0 Å². The normalized spacial score (nSPS) is 10.2. The van der Waals surface area contributed by atoms with E-state index < -0.39 is 0 Å². The molecule has 3 aromatic rings. The molecule has 0 aliphatic rings. The first-order valence-corrected chi connectivity index (χ1v) is 7.03. The topological polar surface area (TPSA) is 39.2 Å². The second-order valence-electron chi connectivity index (χ2n) is 4.89. The average Bonchev–Trinajstić information content (AvgIpc) is 2.61. The van der Waals surface area contributed by atoms with E-state index in [1.807, 2.05) is 54.6 Å². The van der Waals surface area contributed by atoms with Crippen molar-refractivity contribution in [1.29, 1.82) is 0 Å². The third kappa shape index (κ3) is 3.20. The van der Waals surface area contributed by atoms with Crippen LogP contribution in [0, 0.1) is 0 Å². The van der Waals surface area contributed by atoms with Crippen LogP contribution < -0.4 is 4.74 Å². The quantitative estimate of drug-likeness (QED) is 0.663. The van der Waals surface area contributed by atoms with Gasteiger partial charge in [0.2, 0.25) is 0 Å². The predicted molar refractivity (Wildman–Crippen MR) is 85.8 cm³/mol. The minimum absolute atomic E-state index is 0.481. The maximum absolute atomic E-state index is 11.0. The number of hydrogen-bond donors (Lipinski definition) is 0. The molecule has 0 N–H and O–H groups in total. The number of carbonyl (C=O) groups excluding carboxylic acids is 1. The Balaban J connectivity index is 1.91. The third-order valence-electron chi connectivity index (χ3n) is 3.35. The molecule has 3 nitrogen and oxygen atoms in total. The number of carbonyl (C=O) groups is 1. The molecule has 0 spiro atoms. The smallest absolute Gasteiger partial charge is 0.150 e. The first kappa shape index (κ1) is 14.0.